The first-order valence-electron chi connectivity index (χ1n) is 6.43. The van der Waals surface area contributed by atoms with Crippen LogP contribution in [-0.4, -0.2) is 22.7 Å². The van der Waals surface area contributed by atoms with E-state index < -0.39 is 11.1 Å². The summed E-state index contributed by atoms with van der Waals surface area (Å²) in [6.45, 7) is 3.70. The quantitative estimate of drug-likeness (QED) is 0.325. The molecule has 0 aliphatic heterocycles. The zero-order valence-electron chi connectivity index (χ0n) is 11.0. The maximum absolute atomic E-state index is 7.70. The van der Waals surface area contributed by atoms with Crippen LogP contribution < -0.4 is 11.5 Å². The fourth-order valence-electron chi connectivity index (χ4n) is 2.21. The smallest absolute Gasteiger partial charge is 0.138 e. The van der Waals surface area contributed by atoms with E-state index in [1.165, 1.54) is 0 Å². The van der Waals surface area contributed by atoms with Gasteiger partial charge in [0.05, 0.1) is 0 Å². The Balaban J connectivity index is 2.21. The van der Waals surface area contributed by atoms with Crippen LogP contribution in [0.3, 0.4) is 0 Å². The molecule has 2 rings (SSSR count). The Bertz CT molecular complexity index is 371. The van der Waals surface area contributed by atoms with Gasteiger partial charge in [0, 0.05) is 0 Å². The second-order valence-electron chi connectivity index (χ2n) is 5.87. The van der Waals surface area contributed by atoms with E-state index in [4.69, 9.17) is 22.3 Å². The largest absolute Gasteiger partial charge is 0.386 e. The number of nitrogens with one attached hydrogen (secondary N) is 2. The third kappa shape index (κ3) is 2.11. The first-order valence-corrected chi connectivity index (χ1v) is 6.43. The molecule has 0 saturated heterocycles. The molecule has 2 fully saturated rings. The summed E-state index contributed by atoms with van der Waals surface area (Å²) in [5, 5.41) is 24.0. The molecular formula is C12H22N6. The van der Waals surface area contributed by atoms with E-state index >= 15 is 0 Å². The van der Waals surface area contributed by atoms with Gasteiger partial charge < -0.3 is 11.5 Å². The molecule has 6 N–H and O–H groups in total. The molecule has 0 aromatic heterocycles. The average molecular weight is 250 g/mol. The molecular weight excluding hydrogens is 228 g/mol. The van der Waals surface area contributed by atoms with Gasteiger partial charge in [-0.15, -0.1) is 0 Å². The van der Waals surface area contributed by atoms with Crippen LogP contribution in [0.4, 0.5) is 0 Å². The Morgan fingerprint density at radius 1 is 0.889 bits per heavy atom. The minimum Gasteiger partial charge on any atom is -0.386 e. The molecule has 0 bridgehead atoms. The number of nitrogens with two attached hydrogens (primary N) is 2. The Labute approximate surface area is 107 Å². The lowest BCUT2D eigenvalue weighted by molar-refractivity contribution is 0.443. The standard InChI is InChI=1S/C12H22N6/c1-11(9(13)14,7-3-4-7)17-18-12(2,10(15)16)8-5-6-8/h7-8H,3-6H2,1-2H3,(H3,13,14)(H3,15,16)/b18-17+. The van der Waals surface area contributed by atoms with Gasteiger partial charge in [0.25, 0.3) is 0 Å². The second kappa shape index (κ2) is 4.03. The summed E-state index contributed by atoms with van der Waals surface area (Å²) in [4.78, 5) is 0. The van der Waals surface area contributed by atoms with E-state index in [2.05, 4.69) is 10.2 Å². The first kappa shape index (κ1) is 13.0. The lowest BCUT2D eigenvalue weighted by atomic mass is 9.94. The zero-order chi connectivity index (χ0) is 13.6. The number of hydrogen-bond donors (Lipinski definition) is 4. The zero-order valence-corrected chi connectivity index (χ0v) is 11.0. The number of amidine groups is 2. The molecule has 2 aliphatic carbocycles. The minimum atomic E-state index is -0.717. The molecule has 0 aromatic rings. The van der Waals surface area contributed by atoms with Crippen LogP contribution in [0, 0.1) is 22.7 Å². The summed E-state index contributed by atoms with van der Waals surface area (Å²) in [6, 6.07) is 0. The van der Waals surface area contributed by atoms with Crippen molar-refractivity contribution in [2.24, 2.45) is 33.5 Å². The van der Waals surface area contributed by atoms with Gasteiger partial charge in [-0.1, -0.05) is 0 Å². The van der Waals surface area contributed by atoms with Crippen LogP contribution >= 0.6 is 0 Å². The molecule has 2 saturated carbocycles. The summed E-state index contributed by atoms with van der Waals surface area (Å²) in [6.07, 6.45) is 4.15. The molecule has 0 spiro atoms. The molecule has 6 nitrogen and oxygen atoms in total. The number of azo groups is 1. The van der Waals surface area contributed by atoms with Crippen LogP contribution in [0.2, 0.25) is 0 Å². The normalized spacial score (nSPS) is 26.6. The predicted molar refractivity (Wildman–Crippen MR) is 70.9 cm³/mol. The van der Waals surface area contributed by atoms with Crippen molar-refractivity contribution < 1.29 is 0 Å². The van der Waals surface area contributed by atoms with Gasteiger partial charge >= 0.3 is 0 Å². The molecule has 0 radical (unpaired) electrons. The predicted octanol–water partition coefficient (Wildman–Crippen LogP) is 1.65. The van der Waals surface area contributed by atoms with Crippen molar-refractivity contribution in [3.8, 4) is 0 Å². The van der Waals surface area contributed by atoms with Crippen molar-refractivity contribution in [1.29, 1.82) is 10.8 Å². The van der Waals surface area contributed by atoms with E-state index in [9.17, 15) is 0 Å². The fourth-order valence-corrected chi connectivity index (χ4v) is 2.21. The van der Waals surface area contributed by atoms with Crippen LogP contribution in [0.5, 0.6) is 0 Å². The maximum Gasteiger partial charge on any atom is 0.138 e. The number of nitrogens with zero attached hydrogens (tertiary/aromatic N) is 2. The fraction of sp³-hybridized carbons (Fsp3) is 0.833. The number of hydrogen-bond acceptors (Lipinski definition) is 4. The lowest BCUT2D eigenvalue weighted by Crippen LogP contribution is -2.44. The molecule has 2 aliphatic rings. The summed E-state index contributed by atoms with van der Waals surface area (Å²) in [5.41, 5.74) is 9.87. The average Bonchev–Trinajstić information content (AvgIpc) is 3.17. The van der Waals surface area contributed by atoms with Crippen molar-refractivity contribution in [2.75, 3.05) is 0 Å². The highest BCUT2D eigenvalue weighted by Crippen LogP contribution is 2.45. The summed E-state index contributed by atoms with van der Waals surface area (Å²) < 4.78 is 0. The van der Waals surface area contributed by atoms with Gasteiger partial charge in [-0.2, -0.15) is 10.2 Å². The topological polar surface area (TPSA) is 124 Å². The van der Waals surface area contributed by atoms with Crippen LogP contribution in [-0.2, 0) is 0 Å². The molecule has 0 aromatic carbocycles. The summed E-state index contributed by atoms with van der Waals surface area (Å²) >= 11 is 0. The first-order chi connectivity index (χ1) is 8.30. The Kier molecular flexibility index (Phi) is 2.91. The molecule has 18 heavy (non-hydrogen) atoms. The van der Waals surface area contributed by atoms with E-state index in [0.29, 0.717) is 11.8 Å². The van der Waals surface area contributed by atoms with Gasteiger partial charge in [-0.25, -0.2) is 0 Å². The van der Waals surface area contributed by atoms with Crippen LogP contribution in [0.15, 0.2) is 10.2 Å². The third-order valence-corrected chi connectivity index (χ3v) is 4.30. The van der Waals surface area contributed by atoms with E-state index in [1.54, 1.807) is 0 Å². The van der Waals surface area contributed by atoms with Gasteiger partial charge in [0.15, 0.2) is 0 Å². The van der Waals surface area contributed by atoms with Gasteiger partial charge in [0.1, 0.15) is 22.7 Å². The molecule has 0 heterocycles. The highest BCUT2D eigenvalue weighted by Gasteiger charge is 2.48. The molecule has 2 atom stereocenters. The summed E-state index contributed by atoms with van der Waals surface area (Å²) in [5.74, 6) is 0.731. The Morgan fingerprint density at radius 3 is 1.33 bits per heavy atom. The van der Waals surface area contributed by atoms with Crippen molar-refractivity contribution in [3.05, 3.63) is 0 Å². The van der Waals surface area contributed by atoms with E-state index in [0.717, 1.165) is 25.7 Å². The molecule has 0 amide bonds. The third-order valence-electron chi connectivity index (χ3n) is 4.30. The van der Waals surface area contributed by atoms with Crippen LogP contribution in [0.1, 0.15) is 39.5 Å². The summed E-state index contributed by atoms with van der Waals surface area (Å²) in [7, 11) is 0. The Morgan fingerprint density at radius 2 is 1.17 bits per heavy atom. The highest BCUT2D eigenvalue weighted by atomic mass is 15.2. The minimum absolute atomic E-state index is 0.0513. The monoisotopic (exact) mass is 250 g/mol. The van der Waals surface area contributed by atoms with Gasteiger partial charge in [-0.3, -0.25) is 10.8 Å². The SMILES string of the molecule is CC(/N=N/C(C)(C(=N)N)C1CC1)(C(=N)N)C1CC1. The Hall–Kier alpha value is -1.46. The van der Waals surface area contributed by atoms with E-state index in [-0.39, 0.29) is 11.7 Å². The van der Waals surface area contributed by atoms with Crippen molar-refractivity contribution >= 4 is 11.7 Å². The number of rotatable bonds is 6. The second-order valence-corrected chi connectivity index (χ2v) is 5.87. The van der Waals surface area contributed by atoms with Crippen molar-refractivity contribution in [3.63, 3.8) is 0 Å². The molecule has 100 valence electrons. The van der Waals surface area contributed by atoms with Crippen LogP contribution in [0.25, 0.3) is 0 Å². The maximum atomic E-state index is 7.70. The molecule has 2 unspecified atom stereocenters. The van der Waals surface area contributed by atoms with Gasteiger partial charge in [0.2, 0.25) is 0 Å². The lowest BCUT2D eigenvalue weighted by Gasteiger charge is -2.27. The highest BCUT2D eigenvalue weighted by molar-refractivity contribution is 5.89. The van der Waals surface area contributed by atoms with Crippen molar-refractivity contribution in [2.45, 2.75) is 50.6 Å². The molecule has 6 heteroatoms. The van der Waals surface area contributed by atoms with Gasteiger partial charge in [-0.05, 0) is 51.4 Å². The van der Waals surface area contributed by atoms with Crippen molar-refractivity contribution in [1.82, 2.24) is 0 Å². The van der Waals surface area contributed by atoms with E-state index in [1.807, 2.05) is 13.8 Å².